The van der Waals surface area contributed by atoms with Gasteiger partial charge >= 0.3 is 0 Å². The van der Waals surface area contributed by atoms with Crippen molar-refractivity contribution in [2.45, 2.75) is 37.6 Å². The summed E-state index contributed by atoms with van der Waals surface area (Å²) in [5, 5.41) is 0. The van der Waals surface area contributed by atoms with Gasteiger partial charge in [-0.25, -0.2) is 0 Å². The third kappa shape index (κ3) is 1.55. The molecule has 1 rings (SSSR count). The number of nitrogens with two attached hydrogens (primary N) is 1. The van der Waals surface area contributed by atoms with Gasteiger partial charge in [-0.3, -0.25) is 0 Å². The SMILES string of the molecule is C=CCC1(N)CCCC1. The monoisotopic (exact) mass is 125 g/mol. The molecule has 0 atom stereocenters. The second kappa shape index (κ2) is 2.53. The molecular formula is C8H15N. The minimum atomic E-state index is 0.127. The van der Waals surface area contributed by atoms with Gasteiger partial charge in [0.2, 0.25) is 0 Å². The molecule has 0 aromatic rings. The summed E-state index contributed by atoms with van der Waals surface area (Å²) in [6.07, 6.45) is 7.94. The lowest BCUT2D eigenvalue weighted by Crippen LogP contribution is -2.35. The second-order valence-electron chi connectivity index (χ2n) is 3.06. The van der Waals surface area contributed by atoms with E-state index < -0.39 is 0 Å². The molecule has 0 aliphatic heterocycles. The molecule has 0 aromatic heterocycles. The molecule has 2 N–H and O–H groups in total. The molecule has 1 nitrogen and oxygen atoms in total. The first kappa shape index (κ1) is 6.81. The fourth-order valence-electron chi connectivity index (χ4n) is 1.57. The van der Waals surface area contributed by atoms with Crippen molar-refractivity contribution in [1.82, 2.24) is 0 Å². The van der Waals surface area contributed by atoms with E-state index in [4.69, 9.17) is 5.73 Å². The van der Waals surface area contributed by atoms with Crippen LogP contribution in [0.2, 0.25) is 0 Å². The normalized spacial score (nSPS) is 24.1. The van der Waals surface area contributed by atoms with E-state index >= 15 is 0 Å². The van der Waals surface area contributed by atoms with Crippen LogP contribution in [-0.2, 0) is 0 Å². The number of rotatable bonds is 2. The Bertz CT molecular complexity index is 101. The van der Waals surface area contributed by atoms with E-state index in [1.54, 1.807) is 0 Å². The van der Waals surface area contributed by atoms with Gasteiger partial charge in [0.25, 0.3) is 0 Å². The van der Waals surface area contributed by atoms with Gasteiger partial charge in [-0.2, -0.15) is 0 Å². The third-order valence-corrected chi connectivity index (χ3v) is 2.15. The number of hydrogen-bond donors (Lipinski definition) is 1. The minimum absolute atomic E-state index is 0.127. The smallest absolute Gasteiger partial charge is 0.0189 e. The summed E-state index contributed by atoms with van der Waals surface area (Å²) in [5.74, 6) is 0. The van der Waals surface area contributed by atoms with Crippen LogP contribution in [0.5, 0.6) is 0 Å². The largest absolute Gasteiger partial charge is 0.325 e. The van der Waals surface area contributed by atoms with Gasteiger partial charge < -0.3 is 5.73 Å². The van der Waals surface area contributed by atoms with Crippen molar-refractivity contribution in [1.29, 1.82) is 0 Å². The summed E-state index contributed by atoms with van der Waals surface area (Å²) in [5.41, 5.74) is 6.13. The summed E-state index contributed by atoms with van der Waals surface area (Å²) < 4.78 is 0. The molecule has 1 aliphatic carbocycles. The Balaban J connectivity index is 2.40. The van der Waals surface area contributed by atoms with E-state index in [1.807, 2.05) is 6.08 Å². The Hall–Kier alpha value is -0.300. The Morgan fingerprint density at radius 2 is 2.00 bits per heavy atom. The summed E-state index contributed by atoms with van der Waals surface area (Å²) in [6, 6.07) is 0. The zero-order valence-electron chi connectivity index (χ0n) is 5.90. The Morgan fingerprint density at radius 3 is 2.44 bits per heavy atom. The van der Waals surface area contributed by atoms with Crippen molar-refractivity contribution in [3.8, 4) is 0 Å². The maximum absolute atomic E-state index is 6.00. The molecule has 0 unspecified atom stereocenters. The van der Waals surface area contributed by atoms with Crippen LogP contribution in [0.25, 0.3) is 0 Å². The maximum Gasteiger partial charge on any atom is 0.0189 e. The summed E-state index contributed by atoms with van der Waals surface area (Å²) in [7, 11) is 0. The van der Waals surface area contributed by atoms with Gasteiger partial charge in [0, 0.05) is 5.54 Å². The van der Waals surface area contributed by atoms with E-state index in [0.717, 1.165) is 6.42 Å². The van der Waals surface area contributed by atoms with Crippen molar-refractivity contribution in [3.05, 3.63) is 12.7 Å². The van der Waals surface area contributed by atoms with Gasteiger partial charge in [-0.1, -0.05) is 18.9 Å². The highest BCUT2D eigenvalue weighted by atomic mass is 14.7. The molecule has 1 saturated carbocycles. The highest BCUT2D eigenvalue weighted by Crippen LogP contribution is 2.29. The Labute approximate surface area is 56.9 Å². The molecule has 9 heavy (non-hydrogen) atoms. The molecule has 0 amide bonds. The van der Waals surface area contributed by atoms with Gasteiger partial charge in [0.05, 0.1) is 0 Å². The van der Waals surface area contributed by atoms with Crippen LogP contribution >= 0.6 is 0 Å². The predicted molar refractivity (Wildman–Crippen MR) is 40.2 cm³/mol. The lowest BCUT2D eigenvalue weighted by molar-refractivity contribution is 0.445. The Kier molecular flexibility index (Phi) is 1.91. The molecule has 0 radical (unpaired) electrons. The topological polar surface area (TPSA) is 26.0 Å². The van der Waals surface area contributed by atoms with E-state index in [0.29, 0.717) is 0 Å². The molecule has 0 spiro atoms. The first-order valence-electron chi connectivity index (χ1n) is 3.67. The Morgan fingerprint density at radius 1 is 1.44 bits per heavy atom. The van der Waals surface area contributed by atoms with Crippen LogP contribution in [0, 0.1) is 0 Å². The van der Waals surface area contributed by atoms with E-state index in [1.165, 1.54) is 25.7 Å². The maximum atomic E-state index is 6.00. The van der Waals surface area contributed by atoms with Crippen LogP contribution < -0.4 is 5.73 Å². The van der Waals surface area contributed by atoms with Crippen molar-refractivity contribution in [2.24, 2.45) is 5.73 Å². The molecular weight excluding hydrogens is 110 g/mol. The van der Waals surface area contributed by atoms with Crippen molar-refractivity contribution in [2.75, 3.05) is 0 Å². The van der Waals surface area contributed by atoms with Crippen LogP contribution in [0.4, 0.5) is 0 Å². The lowest BCUT2D eigenvalue weighted by atomic mass is 9.95. The summed E-state index contributed by atoms with van der Waals surface area (Å²) in [6.45, 7) is 3.69. The van der Waals surface area contributed by atoms with Crippen LogP contribution in [0.15, 0.2) is 12.7 Å². The molecule has 0 heterocycles. The highest BCUT2D eigenvalue weighted by molar-refractivity contribution is 4.94. The quantitative estimate of drug-likeness (QED) is 0.560. The average Bonchev–Trinajstić information content (AvgIpc) is 2.16. The summed E-state index contributed by atoms with van der Waals surface area (Å²) >= 11 is 0. The van der Waals surface area contributed by atoms with Gasteiger partial charge in [-0.15, -0.1) is 6.58 Å². The number of hydrogen-bond acceptors (Lipinski definition) is 1. The van der Waals surface area contributed by atoms with Gasteiger partial charge in [0.1, 0.15) is 0 Å². The molecule has 52 valence electrons. The first-order chi connectivity index (χ1) is 4.27. The average molecular weight is 125 g/mol. The standard InChI is InChI=1S/C8H15N/c1-2-5-8(9)6-3-4-7-8/h2H,1,3-7,9H2. The summed E-state index contributed by atoms with van der Waals surface area (Å²) in [4.78, 5) is 0. The first-order valence-corrected chi connectivity index (χ1v) is 3.67. The fraction of sp³-hybridized carbons (Fsp3) is 0.750. The lowest BCUT2D eigenvalue weighted by Gasteiger charge is -2.20. The van der Waals surface area contributed by atoms with Crippen molar-refractivity contribution < 1.29 is 0 Å². The second-order valence-corrected chi connectivity index (χ2v) is 3.06. The molecule has 0 aromatic carbocycles. The van der Waals surface area contributed by atoms with E-state index in [-0.39, 0.29) is 5.54 Å². The zero-order valence-corrected chi connectivity index (χ0v) is 5.90. The van der Waals surface area contributed by atoms with Crippen LogP contribution in [0.3, 0.4) is 0 Å². The zero-order chi connectivity index (χ0) is 6.74. The van der Waals surface area contributed by atoms with Crippen LogP contribution in [-0.4, -0.2) is 5.54 Å². The van der Waals surface area contributed by atoms with Gasteiger partial charge in [0.15, 0.2) is 0 Å². The fourth-order valence-corrected chi connectivity index (χ4v) is 1.57. The third-order valence-electron chi connectivity index (χ3n) is 2.15. The minimum Gasteiger partial charge on any atom is -0.325 e. The van der Waals surface area contributed by atoms with E-state index in [9.17, 15) is 0 Å². The molecule has 1 aliphatic rings. The predicted octanol–water partition coefficient (Wildman–Crippen LogP) is 1.83. The van der Waals surface area contributed by atoms with Crippen molar-refractivity contribution >= 4 is 0 Å². The van der Waals surface area contributed by atoms with Gasteiger partial charge in [-0.05, 0) is 19.3 Å². The highest BCUT2D eigenvalue weighted by Gasteiger charge is 2.27. The van der Waals surface area contributed by atoms with E-state index in [2.05, 4.69) is 6.58 Å². The molecule has 1 heteroatoms. The molecule has 1 fully saturated rings. The van der Waals surface area contributed by atoms with Crippen LogP contribution in [0.1, 0.15) is 32.1 Å². The molecule has 0 saturated heterocycles. The van der Waals surface area contributed by atoms with Crippen molar-refractivity contribution in [3.63, 3.8) is 0 Å². The molecule has 0 bridgehead atoms.